The Morgan fingerprint density at radius 2 is 2.11 bits per heavy atom. The van der Waals surface area contributed by atoms with Gasteiger partial charge in [-0.05, 0) is 18.9 Å². The number of non-ortho nitro benzene ring substituents is 1. The summed E-state index contributed by atoms with van der Waals surface area (Å²) in [5.41, 5.74) is 3.86. The number of hydrogen-bond acceptors (Lipinski definition) is 5. The summed E-state index contributed by atoms with van der Waals surface area (Å²) in [6.45, 7) is 7.89. The predicted molar refractivity (Wildman–Crippen MR) is 73.6 cm³/mol. The molecule has 3 N–H and O–H groups in total. The van der Waals surface area contributed by atoms with Crippen LogP contribution in [-0.2, 0) is 0 Å². The quantitative estimate of drug-likeness (QED) is 0.461. The minimum absolute atomic E-state index is 0.0441. The topological polar surface area (TPSA) is 84.4 Å². The first-order chi connectivity index (χ1) is 8.47. The normalized spacial score (nSPS) is 10.5. The molecule has 0 radical (unpaired) electrons. The van der Waals surface area contributed by atoms with Gasteiger partial charge in [0.1, 0.15) is 0 Å². The zero-order valence-electron chi connectivity index (χ0n) is 11.0. The summed E-state index contributed by atoms with van der Waals surface area (Å²) in [6.07, 6.45) is 0. The lowest BCUT2D eigenvalue weighted by Crippen LogP contribution is -2.27. The molecule has 6 heteroatoms. The molecule has 0 aromatic heterocycles. The highest BCUT2D eigenvalue weighted by atomic mass is 16.6. The molecule has 0 bridgehead atoms. The van der Waals surface area contributed by atoms with Crippen LogP contribution in [0.25, 0.3) is 0 Å². The van der Waals surface area contributed by atoms with Crippen LogP contribution in [0.15, 0.2) is 18.2 Å². The molecule has 18 heavy (non-hydrogen) atoms. The van der Waals surface area contributed by atoms with Crippen molar-refractivity contribution in [2.45, 2.75) is 20.8 Å². The van der Waals surface area contributed by atoms with Crippen molar-refractivity contribution in [3.05, 3.63) is 28.3 Å². The summed E-state index contributed by atoms with van der Waals surface area (Å²) < 4.78 is 0. The van der Waals surface area contributed by atoms with Gasteiger partial charge in [0.15, 0.2) is 0 Å². The van der Waals surface area contributed by atoms with E-state index in [-0.39, 0.29) is 5.69 Å². The molecule has 0 unspecified atom stereocenters. The van der Waals surface area contributed by atoms with Crippen LogP contribution in [0.2, 0.25) is 0 Å². The first-order valence-electron chi connectivity index (χ1n) is 5.99. The third-order valence-electron chi connectivity index (χ3n) is 2.61. The number of rotatable bonds is 6. The lowest BCUT2D eigenvalue weighted by Gasteiger charge is -2.25. The van der Waals surface area contributed by atoms with Gasteiger partial charge in [-0.2, -0.15) is 0 Å². The molecule has 0 heterocycles. The first kappa shape index (κ1) is 14.2. The van der Waals surface area contributed by atoms with E-state index in [1.54, 1.807) is 6.07 Å². The molecule has 0 amide bonds. The largest absolute Gasteiger partial charge is 0.371 e. The Balaban J connectivity index is 3.12. The Hall–Kier alpha value is -1.82. The molecule has 0 atom stereocenters. The second kappa shape index (κ2) is 6.20. The second-order valence-electron chi connectivity index (χ2n) is 4.57. The van der Waals surface area contributed by atoms with Crippen LogP contribution in [0.1, 0.15) is 20.8 Å². The van der Waals surface area contributed by atoms with Gasteiger partial charge in [-0.3, -0.25) is 16.0 Å². The van der Waals surface area contributed by atoms with Crippen molar-refractivity contribution >= 4 is 17.1 Å². The number of nitro benzene ring substituents is 1. The molecule has 0 saturated carbocycles. The van der Waals surface area contributed by atoms with Gasteiger partial charge in [-0.25, -0.2) is 0 Å². The first-order valence-corrected chi connectivity index (χ1v) is 5.99. The number of nitro groups is 1. The lowest BCUT2D eigenvalue weighted by atomic mass is 10.1. The van der Waals surface area contributed by atoms with E-state index in [4.69, 9.17) is 5.84 Å². The molecule has 0 spiro atoms. The Morgan fingerprint density at radius 3 is 2.56 bits per heavy atom. The highest BCUT2D eigenvalue weighted by Crippen LogP contribution is 2.27. The van der Waals surface area contributed by atoms with Crippen LogP contribution >= 0.6 is 0 Å². The van der Waals surface area contributed by atoms with Gasteiger partial charge in [0, 0.05) is 30.9 Å². The molecular weight excluding hydrogens is 232 g/mol. The molecule has 1 aromatic carbocycles. The van der Waals surface area contributed by atoms with Gasteiger partial charge in [-0.15, -0.1) is 0 Å². The average molecular weight is 252 g/mol. The summed E-state index contributed by atoms with van der Waals surface area (Å²) in [4.78, 5) is 12.6. The molecular formula is C12H20N4O2. The van der Waals surface area contributed by atoms with Crippen LogP contribution in [-0.4, -0.2) is 18.0 Å². The Kier molecular flexibility index (Phi) is 4.91. The number of nitrogen functional groups attached to an aromatic ring is 1. The molecule has 0 saturated heterocycles. The average Bonchev–Trinajstić information content (AvgIpc) is 2.34. The Morgan fingerprint density at radius 1 is 1.44 bits per heavy atom. The minimum atomic E-state index is -0.409. The second-order valence-corrected chi connectivity index (χ2v) is 4.57. The predicted octanol–water partition coefficient (Wildman–Crippen LogP) is 2.36. The van der Waals surface area contributed by atoms with Gasteiger partial charge in [-0.1, -0.05) is 13.8 Å². The zero-order chi connectivity index (χ0) is 13.7. The lowest BCUT2D eigenvalue weighted by molar-refractivity contribution is -0.384. The monoisotopic (exact) mass is 252 g/mol. The van der Waals surface area contributed by atoms with Crippen molar-refractivity contribution in [3.63, 3.8) is 0 Å². The van der Waals surface area contributed by atoms with E-state index < -0.39 is 4.92 Å². The van der Waals surface area contributed by atoms with Crippen LogP contribution in [0.3, 0.4) is 0 Å². The summed E-state index contributed by atoms with van der Waals surface area (Å²) in [5, 5.41) is 10.9. The highest BCUT2D eigenvalue weighted by molar-refractivity contribution is 5.64. The van der Waals surface area contributed by atoms with Gasteiger partial charge in [0.2, 0.25) is 0 Å². The number of nitrogens with two attached hydrogens (primary N) is 1. The Bertz CT molecular complexity index is 421. The maximum atomic E-state index is 10.9. The summed E-state index contributed by atoms with van der Waals surface area (Å²) in [7, 11) is 0. The fourth-order valence-corrected chi connectivity index (χ4v) is 1.82. The Labute approximate surface area is 107 Å². The fourth-order valence-electron chi connectivity index (χ4n) is 1.82. The zero-order valence-corrected chi connectivity index (χ0v) is 11.0. The van der Waals surface area contributed by atoms with Crippen LogP contribution in [0.4, 0.5) is 17.1 Å². The van der Waals surface area contributed by atoms with Crippen LogP contribution < -0.4 is 16.2 Å². The molecule has 1 aromatic rings. The minimum Gasteiger partial charge on any atom is -0.371 e. The van der Waals surface area contributed by atoms with Crippen molar-refractivity contribution in [1.29, 1.82) is 0 Å². The fraction of sp³-hybridized carbons (Fsp3) is 0.500. The standard InChI is InChI=1S/C12H20N4O2/c1-4-15(8-9(2)3)11-5-10(14-13)6-12(7-11)16(17)18/h5-7,9,14H,4,8,13H2,1-3H3. The molecule has 0 aliphatic carbocycles. The molecule has 0 aliphatic heterocycles. The summed E-state index contributed by atoms with van der Waals surface area (Å²) in [6, 6.07) is 4.82. The van der Waals surface area contributed by atoms with E-state index in [2.05, 4.69) is 24.2 Å². The van der Waals surface area contributed by atoms with E-state index in [0.717, 1.165) is 18.8 Å². The summed E-state index contributed by atoms with van der Waals surface area (Å²) in [5.74, 6) is 5.82. The third kappa shape index (κ3) is 3.59. The smallest absolute Gasteiger partial charge is 0.273 e. The van der Waals surface area contributed by atoms with Gasteiger partial charge >= 0.3 is 0 Å². The molecule has 1 rings (SSSR count). The number of hydrogen-bond donors (Lipinski definition) is 2. The number of nitrogens with zero attached hydrogens (tertiary/aromatic N) is 2. The molecule has 100 valence electrons. The number of nitrogens with one attached hydrogen (secondary N) is 1. The van der Waals surface area contributed by atoms with E-state index in [1.807, 2.05) is 13.0 Å². The third-order valence-corrected chi connectivity index (χ3v) is 2.61. The van der Waals surface area contributed by atoms with Crippen molar-refractivity contribution in [3.8, 4) is 0 Å². The van der Waals surface area contributed by atoms with E-state index in [0.29, 0.717) is 11.6 Å². The van der Waals surface area contributed by atoms with Crippen molar-refractivity contribution < 1.29 is 4.92 Å². The van der Waals surface area contributed by atoms with Crippen LogP contribution in [0, 0.1) is 16.0 Å². The summed E-state index contributed by atoms with van der Waals surface area (Å²) >= 11 is 0. The molecule has 0 fully saturated rings. The highest BCUT2D eigenvalue weighted by Gasteiger charge is 2.14. The maximum Gasteiger partial charge on any atom is 0.273 e. The van der Waals surface area contributed by atoms with Gasteiger partial charge in [0.25, 0.3) is 5.69 Å². The number of benzene rings is 1. The number of anilines is 2. The van der Waals surface area contributed by atoms with E-state index in [1.165, 1.54) is 6.07 Å². The van der Waals surface area contributed by atoms with Crippen molar-refractivity contribution in [1.82, 2.24) is 0 Å². The number of hydrazine groups is 1. The van der Waals surface area contributed by atoms with E-state index in [9.17, 15) is 10.1 Å². The van der Waals surface area contributed by atoms with Crippen molar-refractivity contribution in [2.24, 2.45) is 11.8 Å². The van der Waals surface area contributed by atoms with Gasteiger partial charge in [0.05, 0.1) is 10.6 Å². The maximum absolute atomic E-state index is 10.9. The molecule has 6 nitrogen and oxygen atoms in total. The molecule has 0 aliphatic rings. The van der Waals surface area contributed by atoms with Crippen molar-refractivity contribution in [2.75, 3.05) is 23.4 Å². The van der Waals surface area contributed by atoms with E-state index >= 15 is 0 Å². The SMILES string of the molecule is CCN(CC(C)C)c1cc(NN)cc([N+](=O)[O-])c1. The van der Waals surface area contributed by atoms with Gasteiger partial charge < -0.3 is 10.3 Å². The van der Waals surface area contributed by atoms with Crippen LogP contribution in [0.5, 0.6) is 0 Å².